The molecule has 3 aromatic carbocycles. The van der Waals surface area contributed by atoms with Gasteiger partial charge in [-0.2, -0.15) is 0 Å². The molecule has 0 amide bonds. The third kappa shape index (κ3) is 5.20. The summed E-state index contributed by atoms with van der Waals surface area (Å²) in [5, 5.41) is 0. The minimum absolute atomic E-state index is 0.324. The molecule has 0 aliphatic carbocycles. The van der Waals surface area contributed by atoms with Gasteiger partial charge in [0.1, 0.15) is 48.4 Å². The fourth-order valence-electron chi connectivity index (χ4n) is 4.21. The van der Waals surface area contributed by atoms with Crippen LogP contribution in [0.2, 0.25) is 0 Å². The second-order valence-electron chi connectivity index (χ2n) is 9.17. The highest BCUT2D eigenvalue weighted by atomic mass is 16.5. The monoisotopic (exact) mass is 470 g/mol. The van der Waals surface area contributed by atoms with E-state index >= 15 is 0 Å². The van der Waals surface area contributed by atoms with Crippen molar-refractivity contribution in [3.05, 3.63) is 89.0 Å². The highest BCUT2D eigenvalue weighted by molar-refractivity contribution is 5.90. The predicted octanol–water partition coefficient (Wildman–Crippen LogP) is 6.41. The van der Waals surface area contributed by atoms with Crippen molar-refractivity contribution >= 4 is 17.7 Å². The van der Waals surface area contributed by atoms with Crippen molar-refractivity contribution < 1.29 is 23.7 Å². The second kappa shape index (κ2) is 9.88. The molecule has 180 valence electrons. The molecule has 2 aliphatic rings. The summed E-state index contributed by atoms with van der Waals surface area (Å²) in [6.45, 7) is 5.97. The third-order valence-electron chi connectivity index (χ3n) is 6.01. The molecule has 3 aromatic rings. The maximum Gasteiger partial charge on any atom is 0.137 e. The minimum Gasteiger partial charge on any atom is -0.490 e. The first-order valence-electron chi connectivity index (χ1n) is 11.8. The fraction of sp³-hybridized carbons (Fsp3) is 0.267. The summed E-state index contributed by atoms with van der Waals surface area (Å²) in [6, 6.07) is 20.1. The number of hydrogen-bond acceptors (Lipinski definition) is 5. The van der Waals surface area contributed by atoms with E-state index < -0.39 is 0 Å². The third-order valence-corrected chi connectivity index (χ3v) is 6.01. The van der Waals surface area contributed by atoms with Gasteiger partial charge < -0.3 is 23.7 Å². The normalized spacial score (nSPS) is 15.2. The Hall–Kier alpha value is -3.70. The van der Waals surface area contributed by atoms with E-state index in [0.29, 0.717) is 26.4 Å². The van der Waals surface area contributed by atoms with Crippen LogP contribution in [0, 0.1) is 0 Å². The average molecular weight is 471 g/mol. The summed E-state index contributed by atoms with van der Waals surface area (Å²) in [7, 11) is 1.66. The summed E-state index contributed by atoms with van der Waals surface area (Å²) in [6.07, 6.45) is 6.32. The van der Waals surface area contributed by atoms with Crippen molar-refractivity contribution in [1.82, 2.24) is 0 Å². The molecule has 5 rings (SSSR count). The number of rotatable bonds is 8. The standard InChI is InChI=1S/C30H30O5/c1-30(2)14-13-26-27(35-30)12-9-22-17-23(20-34-29(22)26)25-11-10-24(18-28(25)32-16-15-31-3)33-19-21-7-5-4-6-8-21/h4-14,17-18H,15-16,19-20H2,1-3H3. The van der Waals surface area contributed by atoms with Gasteiger partial charge in [-0.05, 0) is 61.9 Å². The van der Waals surface area contributed by atoms with Gasteiger partial charge in [0, 0.05) is 29.9 Å². The van der Waals surface area contributed by atoms with Gasteiger partial charge in [0.2, 0.25) is 0 Å². The van der Waals surface area contributed by atoms with Crippen LogP contribution in [0.1, 0.15) is 36.1 Å². The fourth-order valence-corrected chi connectivity index (χ4v) is 4.21. The summed E-state index contributed by atoms with van der Waals surface area (Å²) in [5.74, 6) is 3.19. The van der Waals surface area contributed by atoms with Crippen LogP contribution < -0.4 is 18.9 Å². The van der Waals surface area contributed by atoms with Crippen LogP contribution in [0.15, 0.2) is 66.7 Å². The van der Waals surface area contributed by atoms with Crippen molar-refractivity contribution in [2.24, 2.45) is 0 Å². The highest BCUT2D eigenvalue weighted by Crippen LogP contribution is 2.43. The van der Waals surface area contributed by atoms with Crippen molar-refractivity contribution in [1.29, 1.82) is 0 Å². The molecule has 0 aromatic heterocycles. The quantitative estimate of drug-likeness (QED) is 0.356. The minimum atomic E-state index is -0.324. The molecule has 5 nitrogen and oxygen atoms in total. The molecule has 0 saturated carbocycles. The van der Waals surface area contributed by atoms with E-state index in [0.717, 1.165) is 50.8 Å². The molecule has 0 saturated heterocycles. The van der Waals surface area contributed by atoms with E-state index in [1.807, 2.05) is 74.5 Å². The lowest BCUT2D eigenvalue weighted by molar-refractivity contribution is 0.146. The summed E-state index contributed by atoms with van der Waals surface area (Å²) < 4.78 is 29.7. The van der Waals surface area contributed by atoms with Crippen LogP contribution in [0.4, 0.5) is 0 Å². The zero-order valence-corrected chi connectivity index (χ0v) is 20.4. The molecule has 5 heteroatoms. The van der Waals surface area contributed by atoms with E-state index in [4.69, 9.17) is 23.7 Å². The van der Waals surface area contributed by atoms with Gasteiger partial charge in [0.05, 0.1) is 12.2 Å². The van der Waals surface area contributed by atoms with E-state index in [9.17, 15) is 0 Å². The van der Waals surface area contributed by atoms with Crippen LogP contribution >= 0.6 is 0 Å². The zero-order valence-electron chi connectivity index (χ0n) is 20.4. The van der Waals surface area contributed by atoms with Gasteiger partial charge in [0.25, 0.3) is 0 Å². The topological polar surface area (TPSA) is 46.2 Å². The number of methoxy groups -OCH3 is 1. The van der Waals surface area contributed by atoms with E-state index in [1.54, 1.807) is 7.11 Å². The maximum atomic E-state index is 6.26. The number of fused-ring (bicyclic) bond motifs is 3. The molecule has 2 heterocycles. The van der Waals surface area contributed by atoms with Crippen molar-refractivity contribution in [2.75, 3.05) is 26.9 Å². The van der Waals surface area contributed by atoms with Crippen LogP contribution in [0.25, 0.3) is 17.7 Å². The summed E-state index contributed by atoms with van der Waals surface area (Å²) >= 11 is 0. The lowest BCUT2D eigenvalue weighted by Crippen LogP contribution is -2.27. The Labute approximate surface area is 206 Å². The van der Waals surface area contributed by atoms with Crippen molar-refractivity contribution in [3.63, 3.8) is 0 Å². The molecule has 35 heavy (non-hydrogen) atoms. The molecule has 0 fully saturated rings. The molecular weight excluding hydrogens is 440 g/mol. The van der Waals surface area contributed by atoms with Crippen molar-refractivity contribution in [3.8, 4) is 23.0 Å². The summed E-state index contributed by atoms with van der Waals surface area (Å²) in [5.41, 5.74) is 4.81. The second-order valence-corrected chi connectivity index (χ2v) is 9.17. The first-order valence-corrected chi connectivity index (χ1v) is 11.8. The van der Waals surface area contributed by atoms with Crippen LogP contribution in [-0.2, 0) is 11.3 Å². The van der Waals surface area contributed by atoms with Gasteiger partial charge in [-0.25, -0.2) is 0 Å². The number of benzene rings is 3. The Morgan fingerprint density at radius 2 is 1.80 bits per heavy atom. The lowest BCUT2D eigenvalue weighted by Gasteiger charge is -2.30. The SMILES string of the molecule is COCCOc1cc(OCc2ccccc2)ccc1C1=Cc2ccc3c(c2OC1)C=CC(C)(C)O3. The number of hydrogen-bond donors (Lipinski definition) is 0. The van der Waals surface area contributed by atoms with Gasteiger partial charge in [-0.1, -0.05) is 30.3 Å². The van der Waals surface area contributed by atoms with Gasteiger partial charge in [0.15, 0.2) is 0 Å². The molecule has 0 radical (unpaired) electrons. The smallest absolute Gasteiger partial charge is 0.137 e. The number of ether oxygens (including phenoxy) is 5. The molecule has 0 atom stereocenters. The van der Waals surface area contributed by atoms with E-state index in [-0.39, 0.29) is 5.60 Å². The van der Waals surface area contributed by atoms with Crippen LogP contribution in [0.5, 0.6) is 23.0 Å². The maximum absolute atomic E-state index is 6.26. The van der Waals surface area contributed by atoms with Crippen LogP contribution in [0.3, 0.4) is 0 Å². The van der Waals surface area contributed by atoms with Gasteiger partial charge in [-0.3, -0.25) is 0 Å². The lowest BCUT2D eigenvalue weighted by atomic mass is 9.95. The van der Waals surface area contributed by atoms with Gasteiger partial charge in [-0.15, -0.1) is 0 Å². The Bertz CT molecular complexity index is 1260. The van der Waals surface area contributed by atoms with E-state index in [1.165, 1.54) is 0 Å². The predicted molar refractivity (Wildman–Crippen MR) is 138 cm³/mol. The molecule has 0 bridgehead atoms. The Kier molecular flexibility index (Phi) is 6.51. The highest BCUT2D eigenvalue weighted by Gasteiger charge is 2.27. The van der Waals surface area contributed by atoms with Crippen LogP contribution in [-0.4, -0.2) is 32.5 Å². The summed E-state index contributed by atoms with van der Waals surface area (Å²) in [4.78, 5) is 0. The Morgan fingerprint density at radius 3 is 2.63 bits per heavy atom. The molecule has 0 spiro atoms. The zero-order chi connectivity index (χ0) is 24.3. The van der Waals surface area contributed by atoms with Gasteiger partial charge >= 0.3 is 0 Å². The molecule has 0 unspecified atom stereocenters. The van der Waals surface area contributed by atoms with Crippen molar-refractivity contribution in [2.45, 2.75) is 26.1 Å². The average Bonchev–Trinajstić information content (AvgIpc) is 2.87. The Morgan fingerprint density at radius 1 is 0.943 bits per heavy atom. The first kappa shape index (κ1) is 23.1. The molecule has 2 aliphatic heterocycles. The molecule has 0 N–H and O–H groups in total. The largest absolute Gasteiger partial charge is 0.490 e. The van der Waals surface area contributed by atoms with E-state index in [2.05, 4.69) is 18.2 Å². The Balaban J connectivity index is 1.43. The molecular formula is C30H30O5. The first-order chi connectivity index (χ1) is 17.0.